The standard InChI is InChI=1S/C11H6ClNOS2/c12-8-3-5-16-11(8)10(14)7(6-13)9-2-1-4-15-9/h1-5,7H. The summed E-state index contributed by atoms with van der Waals surface area (Å²) >= 11 is 8.56. The van der Waals surface area contributed by atoms with Crippen LogP contribution >= 0.6 is 34.3 Å². The van der Waals surface area contributed by atoms with Gasteiger partial charge in [0.05, 0.1) is 16.0 Å². The Morgan fingerprint density at radius 2 is 2.19 bits per heavy atom. The molecule has 80 valence electrons. The maximum atomic E-state index is 12.1. The third-order valence-corrected chi connectivity index (χ3v) is 4.35. The van der Waals surface area contributed by atoms with Crippen LogP contribution < -0.4 is 0 Å². The van der Waals surface area contributed by atoms with Gasteiger partial charge < -0.3 is 0 Å². The highest BCUT2D eigenvalue weighted by atomic mass is 35.5. The number of carbonyl (C=O) groups is 1. The molecule has 2 aromatic heterocycles. The monoisotopic (exact) mass is 267 g/mol. The van der Waals surface area contributed by atoms with Gasteiger partial charge in [0, 0.05) is 4.88 Å². The smallest absolute Gasteiger partial charge is 0.196 e. The molecular formula is C11H6ClNOS2. The third-order valence-electron chi connectivity index (χ3n) is 2.06. The summed E-state index contributed by atoms with van der Waals surface area (Å²) in [4.78, 5) is 13.3. The molecule has 0 radical (unpaired) electrons. The molecule has 2 nitrogen and oxygen atoms in total. The van der Waals surface area contributed by atoms with Gasteiger partial charge in [-0.15, -0.1) is 22.7 Å². The van der Waals surface area contributed by atoms with Gasteiger partial charge in [0.1, 0.15) is 5.92 Å². The number of hydrogen-bond donors (Lipinski definition) is 0. The Morgan fingerprint density at radius 1 is 1.38 bits per heavy atom. The summed E-state index contributed by atoms with van der Waals surface area (Å²) in [6.07, 6.45) is 0. The van der Waals surface area contributed by atoms with E-state index in [4.69, 9.17) is 16.9 Å². The van der Waals surface area contributed by atoms with Gasteiger partial charge in [-0.3, -0.25) is 4.79 Å². The molecule has 0 saturated heterocycles. The largest absolute Gasteiger partial charge is 0.291 e. The fourth-order valence-electron chi connectivity index (χ4n) is 1.31. The van der Waals surface area contributed by atoms with Crippen molar-refractivity contribution in [3.63, 3.8) is 0 Å². The van der Waals surface area contributed by atoms with E-state index in [1.165, 1.54) is 22.7 Å². The topological polar surface area (TPSA) is 40.9 Å². The molecule has 0 bridgehead atoms. The number of hydrogen-bond acceptors (Lipinski definition) is 4. The van der Waals surface area contributed by atoms with Crippen molar-refractivity contribution < 1.29 is 4.79 Å². The van der Waals surface area contributed by atoms with Gasteiger partial charge in [-0.25, -0.2) is 0 Å². The molecule has 0 fully saturated rings. The number of Topliss-reactive ketones (excluding diaryl/α,β-unsaturated/α-hetero) is 1. The zero-order valence-electron chi connectivity index (χ0n) is 8.01. The van der Waals surface area contributed by atoms with E-state index in [9.17, 15) is 4.79 Å². The van der Waals surface area contributed by atoms with Crippen molar-refractivity contribution in [2.75, 3.05) is 0 Å². The van der Waals surface area contributed by atoms with Crippen LogP contribution in [-0.2, 0) is 0 Å². The Bertz CT molecular complexity index is 539. The van der Waals surface area contributed by atoms with Crippen LogP contribution in [0.1, 0.15) is 20.5 Å². The summed E-state index contributed by atoms with van der Waals surface area (Å²) in [6.45, 7) is 0. The molecule has 5 heteroatoms. The SMILES string of the molecule is N#CC(C(=O)c1sccc1Cl)c1cccs1. The van der Waals surface area contributed by atoms with E-state index in [2.05, 4.69) is 0 Å². The Labute approximate surface area is 106 Å². The molecule has 0 saturated carbocycles. The van der Waals surface area contributed by atoms with Crippen molar-refractivity contribution in [3.05, 3.63) is 43.7 Å². The lowest BCUT2D eigenvalue weighted by atomic mass is 10.0. The molecule has 16 heavy (non-hydrogen) atoms. The Balaban J connectivity index is 2.35. The molecule has 2 aromatic rings. The van der Waals surface area contributed by atoms with E-state index in [1.54, 1.807) is 17.5 Å². The second-order valence-corrected chi connectivity index (χ2v) is 5.34. The van der Waals surface area contributed by atoms with Gasteiger partial charge in [0.2, 0.25) is 0 Å². The molecule has 2 rings (SSSR count). The quantitative estimate of drug-likeness (QED) is 0.790. The van der Waals surface area contributed by atoms with Crippen LogP contribution in [0.15, 0.2) is 29.0 Å². The molecule has 0 aliphatic carbocycles. The fourth-order valence-corrected chi connectivity index (χ4v) is 3.19. The van der Waals surface area contributed by atoms with Crippen LogP contribution in [0.2, 0.25) is 5.02 Å². The first-order valence-corrected chi connectivity index (χ1v) is 6.58. The maximum Gasteiger partial charge on any atom is 0.196 e. The predicted octanol–water partition coefficient (Wildman–Crippen LogP) is 3.95. The summed E-state index contributed by atoms with van der Waals surface area (Å²) in [7, 11) is 0. The van der Waals surface area contributed by atoms with E-state index >= 15 is 0 Å². The number of rotatable bonds is 3. The molecule has 0 N–H and O–H groups in total. The number of nitriles is 1. The lowest BCUT2D eigenvalue weighted by Crippen LogP contribution is -2.08. The number of ketones is 1. The van der Waals surface area contributed by atoms with Crippen LogP contribution in [0.3, 0.4) is 0 Å². The van der Waals surface area contributed by atoms with E-state index < -0.39 is 5.92 Å². The second-order valence-electron chi connectivity index (χ2n) is 3.04. The highest BCUT2D eigenvalue weighted by molar-refractivity contribution is 7.13. The minimum Gasteiger partial charge on any atom is -0.291 e. The highest BCUT2D eigenvalue weighted by Crippen LogP contribution is 2.30. The molecule has 1 atom stereocenters. The van der Waals surface area contributed by atoms with E-state index in [-0.39, 0.29) is 5.78 Å². The normalized spacial score (nSPS) is 12.0. The van der Waals surface area contributed by atoms with E-state index in [1.807, 2.05) is 17.5 Å². The first kappa shape index (κ1) is 11.3. The van der Waals surface area contributed by atoms with Crippen LogP contribution in [-0.4, -0.2) is 5.78 Å². The van der Waals surface area contributed by atoms with Crippen molar-refractivity contribution in [2.45, 2.75) is 5.92 Å². The highest BCUT2D eigenvalue weighted by Gasteiger charge is 2.25. The molecule has 1 unspecified atom stereocenters. The Kier molecular flexibility index (Phi) is 3.39. The molecule has 0 aliphatic heterocycles. The lowest BCUT2D eigenvalue weighted by Gasteiger charge is -2.03. The first-order chi connectivity index (χ1) is 7.74. The number of nitrogens with zero attached hydrogens (tertiary/aromatic N) is 1. The van der Waals surface area contributed by atoms with Crippen molar-refractivity contribution in [1.29, 1.82) is 5.26 Å². The van der Waals surface area contributed by atoms with Crippen LogP contribution in [0, 0.1) is 11.3 Å². The average Bonchev–Trinajstić information content (AvgIpc) is 2.90. The first-order valence-electron chi connectivity index (χ1n) is 4.44. The van der Waals surface area contributed by atoms with E-state index in [0.717, 1.165) is 4.88 Å². The van der Waals surface area contributed by atoms with Crippen molar-refractivity contribution in [3.8, 4) is 6.07 Å². The molecule has 0 amide bonds. The van der Waals surface area contributed by atoms with Crippen molar-refractivity contribution in [2.24, 2.45) is 0 Å². The Hall–Kier alpha value is -1.15. The van der Waals surface area contributed by atoms with Crippen molar-refractivity contribution >= 4 is 40.1 Å². The summed E-state index contributed by atoms with van der Waals surface area (Å²) in [5, 5.41) is 13.1. The van der Waals surface area contributed by atoms with Gasteiger partial charge in [-0.2, -0.15) is 5.26 Å². The zero-order valence-corrected chi connectivity index (χ0v) is 10.4. The zero-order chi connectivity index (χ0) is 11.5. The minimum absolute atomic E-state index is 0.218. The summed E-state index contributed by atoms with van der Waals surface area (Å²) in [6, 6.07) is 7.31. The van der Waals surface area contributed by atoms with Gasteiger partial charge in [-0.05, 0) is 22.9 Å². The maximum absolute atomic E-state index is 12.1. The predicted molar refractivity (Wildman–Crippen MR) is 66.3 cm³/mol. The van der Waals surface area contributed by atoms with Gasteiger partial charge >= 0.3 is 0 Å². The lowest BCUT2D eigenvalue weighted by molar-refractivity contribution is 0.0984. The van der Waals surface area contributed by atoms with Gasteiger partial charge in [0.25, 0.3) is 0 Å². The summed E-state index contributed by atoms with van der Waals surface area (Å²) in [5.74, 6) is -0.957. The number of halogens is 1. The Morgan fingerprint density at radius 3 is 2.69 bits per heavy atom. The fraction of sp³-hybridized carbons (Fsp3) is 0.0909. The van der Waals surface area contributed by atoms with Gasteiger partial charge in [0.15, 0.2) is 5.78 Å². The van der Waals surface area contributed by atoms with Crippen LogP contribution in [0.25, 0.3) is 0 Å². The number of carbonyl (C=O) groups excluding carboxylic acids is 1. The second kappa shape index (κ2) is 4.79. The molecule has 0 aromatic carbocycles. The molecule has 0 spiro atoms. The minimum atomic E-state index is -0.740. The van der Waals surface area contributed by atoms with Crippen LogP contribution in [0.4, 0.5) is 0 Å². The number of thiophene rings is 2. The van der Waals surface area contributed by atoms with Crippen LogP contribution in [0.5, 0.6) is 0 Å². The van der Waals surface area contributed by atoms with Gasteiger partial charge in [-0.1, -0.05) is 17.7 Å². The summed E-state index contributed by atoms with van der Waals surface area (Å²) < 4.78 is 0. The third kappa shape index (κ3) is 2.03. The molecule has 0 aliphatic rings. The van der Waals surface area contributed by atoms with E-state index in [0.29, 0.717) is 9.90 Å². The van der Waals surface area contributed by atoms with Crippen molar-refractivity contribution in [1.82, 2.24) is 0 Å². The average molecular weight is 268 g/mol. The summed E-state index contributed by atoms with van der Waals surface area (Å²) in [5.41, 5.74) is 0. The molecular weight excluding hydrogens is 262 g/mol. The molecule has 2 heterocycles.